The summed E-state index contributed by atoms with van der Waals surface area (Å²) >= 11 is 0. The fourth-order valence-corrected chi connectivity index (χ4v) is 2.13. The van der Waals surface area contributed by atoms with Crippen LogP contribution < -0.4 is 10.6 Å². The van der Waals surface area contributed by atoms with Crippen molar-refractivity contribution in [2.45, 2.75) is 26.7 Å². The molecule has 0 bridgehead atoms. The van der Waals surface area contributed by atoms with Crippen molar-refractivity contribution in [3.8, 4) is 0 Å². The molecular weight excluding hydrogens is 285 g/mol. The standard InChI is InChI=1S/C13H19N3O.2ClH/c1-9-5-6-12(10(2)15-9)16-13(17)11-4-3-7-14-8-11;;/h5-6,11,14H,3-4,7-8H2,1-2H3,(H,16,17);2*1H. The number of carbonyl (C=O) groups excluding carboxylic acids is 1. The molecule has 0 saturated carbocycles. The van der Waals surface area contributed by atoms with Crippen LogP contribution in [-0.4, -0.2) is 24.0 Å². The molecule has 1 fully saturated rings. The number of rotatable bonds is 2. The Balaban J connectivity index is 0.00000162. The van der Waals surface area contributed by atoms with E-state index in [-0.39, 0.29) is 36.6 Å². The fourth-order valence-electron chi connectivity index (χ4n) is 2.13. The van der Waals surface area contributed by atoms with Crippen molar-refractivity contribution in [1.82, 2.24) is 10.3 Å². The molecule has 1 aromatic heterocycles. The maximum atomic E-state index is 12.0. The molecule has 0 aliphatic carbocycles. The molecule has 2 rings (SSSR count). The number of carbonyl (C=O) groups is 1. The first kappa shape index (κ1) is 18.2. The molecule has 1 aromatic rings. The number of halogens is 2. The lowest BCUT2D eigenvalue weighted by Crippen LogP contribution is -2.37. The minimum atomic E-state index is 0. The van der Waals surface area contributed by atoms with Crippen LogP contribution in [-0.2, 0) is 4.79 Å². The van der Waals surface area contributed by atoms with Crippen molar-refractivity contribution in [3.63, 3.8) is 0 Å². The first-order chi connectivity index (χ1) is 8.16. The van der Waals surface area contributed by atoms with Crippen LogP contribution in [0.25, 0.3) is 0 Å². The van der Waals surface area contributed by atoms with Crippen LogP contribution in [0.4, 0.5) is 5.69 Å². The van der Waals surface area contributed by atoms with E-state index in [1.54, 1.807) is 0 Å². The van der Waals surface area contributed by atoms with Gasteiger partial charge in [0, 0.05) is 12.2 Å². The summed E-state index contributed by atoms with van der Waals surface area (Å²) in [5.41, 5.74) is 2.67. The van der Waals surface area contributed by atoms with E-state index in [0.717, 1.165) is 43.0 Å². The zero-order valence-electron chi connectivity index (χ0n) is 11.2. The number of piperidine rings is 1. The Bertz CT molecular complexity index is 420. The summed E-state index contributed by atoms with van der Waals surface area (Å²) in [6, 6.07) is 3.84. The van der Waals surface area contributed by atoms with E-state index in [9.17, 15) is 4.79 Å². The molecule has 4 nitrogen and oxygen atoms in total. The van der Waals surface area contributed by atoms with Crippen molar-refractivity contribution < 1.29 is 4.79 Å². The molecule has 1 atom stereocenters. The SMILES string of the molecule is Cc1ccc(NC(=O)C2CCCNC2)c(C)n1.Cl.Cl. The Morgan fingerprint density at radius 3 is 2.68 bits per heavy atom. The molecule has 0 radical (unpaired) electrons. The smallest absolute Gasteiger partial charge is 0.228 e. The number of pyridine rings is 1. The quantitative estimate of drug-likeness (QED) is 0.882. The van der Waals surface area contributed by atoms with Gasteiger partial charge >= 0.3 is 0 Å². The van der Waals surface area contributed by atoms with Gasteiger partial charge in [-0.3, -0.25) is 9.78 Å². The Morgan fingerprint density at radius 1 is 1.37 bits per heavy atom. The number of aromatic nitrogens is 1. The van der Waals surface area contributed by atoms with E-state index in [1.807, 2.05) is 26.0 Å². The van der Waals surface area contributed by atoms with Crippen molar-refractivity contribution in [2.24, 2.45) is 5.92 Å². The molecule has 1 amide bonds. The third-order valence-corrected chi connectivity index (χ3v) is 3.15. The minimum Gasteiger partial charge on any atom is -0.324 e. The highest BCUT2D eigenvalue weighted by molar-refractivity contribution is 5.93. The van der Waals surface area contributed by atoms with Crippen molar-refractivity contribution >= 4 is 36.4 Å². The van der Waals surface area contributed by atoms with E-state index in [4.69, 9.17) is 0 Å². The lowest BCUT2D eigenvalue weighted by molar-refractivity contribution is -0.120. The number of aryl methyl sites for hydroxylation is 2. The molecule has 0 aromatic carbocycles. The Labute approximate surface area is 126 Å². The van der Waals surface area contributed by atoms with Crippen LogP contribution in [0.5, 0.6) is 0 Å². The second-order valence-corrected chi connectivity index (χ2v) is 4.62. The van der Waals surface area contributed by atoms with Gasteiger partial charge in [-0.15, -0.1) is 24.8 Å². The number of hydrogen-bond acceptors (Lipinski definition) is 3. The molecule has 2 heterocycles. The van der Waals surface area contributed by atoms with Crippen molar-refractivity contribution in [1.29, 1.82) is 0 Å². The molecule has 0 spiro atoms. The third-order valence-electron chi connectivity index (χ3n) is 3.15. The predicted octanol–water partition coefficient (Wildman–Crippen LogP) is 2.48. The topological polar surface area (TPSA) is 54.0 Å². The van der Waals surface area contributed by atoms with E-state index in [0.29, 0.717) is 0 Å². The van der Waals surface area contributed by atoms with Gasteiger partial charge in [0.1, 0.15) is 0 Å². The molecule has 19 heavy (non-hydrogen) atoms. The normalized spacial score (nSPS) is 17.9. The Hall–Kier alpha value is -0.840. The average molecular weight is 306 g/mol. The molecule has 1 unspecified atom stereocenters. The second kappa shape index (κ2) is 8.35. The molecule has 2 N–H and O–H groups in total. The molecule has 1 saturated heterocycles. The van der Waals surface area contributed by atoms with E-state index in [1.165, 1.54) is 0 Å². The lowest BCUT2D eigenvalue weighted by Gasteiger charge is -2.22. The zero-order valence-corrected chi connectivity index (χ0v) is 12.9. The predicted molar refractivity (Wildman–Crippen MR) is 82.4 cm³/mol. The highest BCUT2D eigenvalue weighted by atomic mass is 35.5. The second-order valence-electron chi connectivity index (χ2n) is 4.62. The molecule has 1 aliphatic rings. The summed E-state index contributed by atoms with van der Waals surface area (Å²) in [6.07, 6.45) is 2.04. The number of nitrogens with zero attached hydrogens (tertiary/aromatic N) is 1. The zero-order chi connectivity index (χ0) is 12.3. The first-order valence-corrected chi connectivity index (χ1v) is 6.12. The van der Waals surface area contributed by atoms with E-state index in [2.05, 4.69) is 15.6 Å². The number of anilines is 1. The third kappa shape index (κ3) is 4.97. The summed E-state index contributed by atoms with van der Waals surface area (Å²) in [4.78, 5) is 16.4. The molecule has 108 valence electrons. The van der Waals surface area contributed by atoms with Gasteiger partial charge < -0.3 is 10.6 Å². The van der Waals surface area contributed by atoms with Crippen LogP contribution in [0, 0.1) is 19.8 Å². The van der Waals surface area contributed by atoms with Gasteiger partial charge in [-0.05, 0) is 45.4 Å². The average Bonchev–Trinajstić information content (AvgIpc) is 2.34. The van der Waals surface area contributed by atoms with Gasteiger partial charge in [-0.25, -0.2) is 0 Å². The van der Waals surface area contributed by atoms with Crippen LogP contribution in [0.3, 0.4) is 0 Å². The molecular formula is C13H21Cl2N3O. The summed E-state index contributed by atoms with van der Waals surface area (Å²) in [7, 11) is 0. The highest BCUT2D eigenvalue weighted by Crippen LogP contribution is 2.16. The highest BCUT2D eigenvalue weighted by Gasteiger charge is 2.21. The van der Waals surface area contributed by atoms with Gasteiger partial charge in [0.05, 0.1) is 17.3 Å². The largest absolute Gasteiger partial charge is 0.324 e. The first-order valence-electron chi connectivity index (χ1n) is 6.12. The number of amides is 1. The lowest BCUT2D eigenvalue weighted by atomic mass is 9.99. The minimum absolute atomic E-state index is 0. The van der Waals surface area contributed by atoms with E-state index >= 15 is 0 Å². The monoisotopic (exact) mass is 305 g/mol. The molecule has 6 heteroatoms. The van der Waals surface area contributed by atoms with E-state index < -0.39 is 0 Å². The van der Waals surface area contributed by atoms with Crippen LogP contribution in [0.1, 0.15) is 24.2 Å². The van der Waals surface area contributed by atoms with Crippen molar-refractivity contribution in [2.75, 3.05) is 18.4 Å². The Morgan fingerprint density at radius 2 is 2.11 bits per heavy atom. The van der Waals surface area contributed by atoms with Crippen LogP contribution in [0.2, 0.25) is 0 Å². The number of nitrogens with one attached hydrogen (secondary N) is 2. The van der Waals surface area contributed by atoms with Gasteiger partial charge in [-0.2, -0.15) is 0 Å². The summed E-state index contributed by atoms with van der Waals surface area (Å²) < 4.78 is 0. The maximum Gasteiger partial charge on any atom is 0.228 e. The van der Waals surface area contributed by atoms with Gasteiger partial charge in [0.15, 0.2) is 0 Å². The maximum absolute atomic E-state index is 12.0. The van der Waals surface area contributed by atoms with Crippen LogP contribution >= 0.6 is 24.8 Å². The summed E-state index contributed by atoms with van der Waals surface area (Å²) in [5.74, 6) is 0.190. The fraction of sp³-hybridized carbons (Fsp3) is 0.538. The van der Waals surface area contributed by atoms with Gasteiger partial charge in [0.2, 0.25) is 5.91 Å². The van der Waals surface area contributed by atoms with Crippen molar-refractivity contribution in [3.05, 3.63) is 23.5 Å². The summed E-state index contributed by atoms with van der Waals surface area (Å²) in [5, 5.41) is 6.21. The number of hydrogen-bond donors (Lipinski definition) is 2. The van der Waals surface area contributed by atoms with Crippen LogP contribution in [0.15, 0.2) is 12.1 Å². The molecule has 1 aliphatic heterocycles. The van der Waals surface area contributed by atoms with Gasteiger partial charge in [0.25, 0.3) is 0 Å². The van der Waals surface area contributed by atoms with Gasteiger partial charge in [-0.1, -0.05) is 0 Å². The Kier molecular flexibility index (Phi) is 7.99. The summed E-state index contributed by atoms with van der Waals surface area (Å²) in [6.45, 7) is 5.67.